The zero-order valence-electron chi connectivity index (χ0n) is 18.0. The number of hydrogen-bond acceptors (Lipinski definition) is 5. The van der Waals surface area contributed by atoms with Crippen LogP contribution in [0.3, 0.4) is 0 Å². The summed E-state index contributed by atoms with van der Waals surface area (Å²) in [5, 5.41) is 13.8. The molecule has 1 unspecified atom stereocenters. The molecule has 0 saturated heterocycles. The number of anilines is 1. The number of nitriles is 1. The van der Waals surface area contributed by atoms with Crippen LogP contribution in [0.5, 0.6) is 0 Å². The molecule has 10 heteroatoms. The Morgan fingerprint density at radius 2 is 2.06 bits per heavy atom. The van der Waals surface area contributed by atoms with E-state index in [1.54, 1.807) is 24.3 Å². The molecule has 174 valence electrons. The van der Waals surface area contributed by atoms with Crippen molar-refractivity contribution in [3.8, 4) is 6.07 Å². The Labute approximate surface area is 201 Å². The van der Waals surface area contributed by atoms with Gasteiger partial charge in [0.15, 0.2) is 0 Å². The van der Waals surface area contributed by atoms with Gasteiger partial charge in [0.1, 0.15) is 5.82 Å². The fourth-order valence-electron chi connectivity index (χ4n) is 4.37. The minimum atomic E-state index is -3.78. The lowest BCUT2D eigenvalue weighted by atomic mass is 9.90. The number of carbonyl (C=O) groups excluding carboxylic acids is 1. The predicted molar refractivity (Wildman–Crippen MR) is 126 cm³/mol. The molecule has 2 aromatic carbocycles. The van der Waals surface area contributed by atoms with Gasteiger partial charge in [0.05, 0.1) is 35.0 Å². The average molecular weight is 499 g/mol. The topological polar surface area (TPSA) is 103 Å². The molecule has 0 spiro atoms. The smallest absolute Gasteiger partial charge is 0.233 e. The summed E-state index contributed by atoms with van der Waals surface area (Å²) in [5.41, 5.74) is 0.893. The summed E-state index contributed by atoms with van der Waals surface area (Å²) in [6.45, 7) is 0.0328. The van der Waals surface area contributed by atoms with Crippen molar-refractivity contribution in [3.63, 3.8) is 0 Å². The molecular weight excluding hydrogens is 479 g/mol. The second kappa shape index (κ2) is 8.31. The largest absolute Gasteiger partial charge is 0.324 e. The minimum absolute atomic E-state index is 0.0736. The number of halogens is 2. The third-order valence-corrected chi connectivity index (χ3v) is 8.67. The van der Waals surface area contributed by atoms with Gasteiger partial charge in [-0.3, -0.25) is 9.78 Å². The van der Waals surface area contributed by atoms with Crippen LogP contribution in [0, 0.1) is 22.6 Å². The van der Waals surface area contributed by atoms with Crippen LogP contribution in [-0.2, 0) is 21.4 Å². The molecule has 1 atom stereocenters. The highest BCUT2D eigenvalue weighted by atomic mass is 35.5. The summed E-state index contributed by atoms with van der Waals surface area (Å²) in [7, 11) is -3.78. The van der Waals surface area contributed by atoms with E-state index in [1.807, 2.05) is 0 Å². The lowest BCUT2D eigenvalue weighted by molar-refractivity contribution is -0.118. The van der Waals surface area contributed by atoms with E-state index in [0.717, 1.165) is 0 Å². The van der Waals surface area contributed by atoms with Crippen LogP contribution < -0.4 is 5.32 Å². The fourth-order valence-corrected chi connectivity index (χ4v) is 6.50. The highest BCUT2D eigenvalue weighted by Gasteiger charge is 2.49. The number of carbonyl (C=O) groups is 1. The Morgan fingerprint density at radius 3 is 2.79 bits per heavy atom. The zero-order chi connectivity index (χ0) is 24.1. The van der Waals surface area contributed by atoms with E-state index in [1.165, 1.54) is 28.8 Å². The molecule has 7 nitrogen and oxygen atoms in total. The molecule has 5 rings (SSSR count). The van der Waals surface area contributed by atoms with Gasteiger partial charge < -0.3 is 5.32 Å². The second-order valence-corrected chi connectivity index (χ2v) is 11.3. The first-order chi connectivity index (χ1) is 16.2. The van der Waals surface area contributed by atoms with E-state index in [2.05, 4.69) is 16.4 Å². The summed E-state index contributed by atoms with van der Waals surface area (Å²) in [6.07, 6.45) is 4.09. The maximum absolute atomic E-state index is 13.6. The number of sulfonamides is 1. The monoisotopic (exact) mass is 498 g/mol. The number of hydrogen-bond donors (Lipinski definition) is 1. The Morgan fingerprint density at radius 1 is 1.26 bits per heavy atom. The molecule has 1 aromatic heterocycles. The Kier molecular flexibility index (Phi) is 5.55. The molecular formula is C24H20ClFN4O3S. The number of aromatic nitrogens is 1. The summed E-state index contributed by atoms with van der Waals surface area (Å²) in [4.78, 5) is 17.5. The number of nitrogens with zero attached hydrogens (tertiary/aromatic N) is 3. The quantitative estimate of drug-likeness (QED) is 0.568. The number of nitrogens with one attached hydrogen (secondary N) is 1. The van der Waals surface area contributed by atoms with Crippen molar-refractivity contribution in [2.75, 3.05) is 17.6 Å². The van der Waals surface area contributed by atoms with Gasteiger partial charge >= 0.3 is 0 Å². The molecule has 1 aliphatic heterocycles. The van der Waals surface area contributed by atoms with Crippen LogP contribution >= 0.6 is 11.6 Å². The normalized spacial score (nSPS) is 19.3. The highest BCUT2D eigenvalue weighted by molar-refractivity contribution is 7.89. The SMILES string of the molecule is N#CC1(CS(=O)(=O)N2Cc3ccc(Cl)cc3C(C(=O)Nc3cncc4cc(F)ccc34)C2)CC1. The Bertz CT molecular complexity index is 1470. The standard InChI is InChI=1S/C24H20ClFN4O3S/c25-17-2-1-15-11-30(34(32,33)14-24(13-27)5-6-24)12-21(20(15)8-17)23(31)29-22-10-28-9-16-7-18(26)3-4-19(16)22/h1-4,7-10,21H,5-6,11-12,14H2,(H,29,31). The molecule has 2 aliphatic rings. The summed E-state index contributed by atoms with van der Waals surface area (Å²) >= 11 is 6.20. The molecule has 34 heavy (non-hydrogen) atoms. The van der Waals surface area contributed by atoms with Gasteiger partial charge in [-0.2, -0.15) is 9.57 Å². The van der Waals surface area contributed by atoms with Gasteiger partial charge in [-0.05, 0) is 54.3 Å². The van der Waals surface area contributed by atoms with Gasteiger partial charge in [0.2, 0.25) is 15.9 Å². The van der Waals surface area contributed by atoms with Crippen molar-refractivity contribution in [3.05, 3.63) is 70.8 Å². The molecule has 1 fully saturated rings. The number of fused-ring (bicyclic) bond motifs is 2. The number of pyridine rings is 1. The Balaban J connectivity index is 1.48. The molecule has 2 heterocycles. The van der Waals surface area contributed by atoms with E-state index >= 15 is 0 Å². The molecule has 0 radical (unpaired) electrons. The highest BCUT2D eigenvalue weighted by Crippen LogP contribution is 2.47. The molecule has 0 bridgehead atoms. The Hall–Kier alpha value is -3.06. The van der Waals surface area contributed by atoms with Gasteiger partial charge in [0.25, 0.3) is 0 Å². The number of rotatable bonds is 5. The van der Waals surface area contributed by atoms with Gasteiger partial charge in [0, 0.05) is 35.1 Å². The van der Waals surface area contributed by atoms with Crippen LogP contribution in [0.2, 0.25) is 5.02 Å². The molecule has 1 saturated carbocycles. The lowest BCUT2D eigenvalue weighted by Gasteiger charge is -2.34. The van der Waals surface area contributed by atoms with Crippen LogP contribution in [0.1, 0.15) is 29.9 Å². The number of amides is 1. The van der Waals surface area contributed by atoms with Crippen LogP contribution in [0.15, 0.2) is 48.8 Å². The summed E-state index contributed by atoms with van der Waals surface area (Å²) < 4.78 is 41.3. The van der Waals surface area contributed by atoms with Crippen molar-refractivity contribution in [1.29, 1.82) is 5.26 Å². The predicted octanol–water partition coefficient (Wildman–Crippen LogP) is 4.20. The third kappa shape index (κ3) is 4.25. The van der Waals surface area contributed by atoms with Gasteiger partial charge in [-0.1, -0.05) is 17.7 Å². The summed E-state index contributed by atoms with van der Waals surface area (Å²) in [6, 6.07) is 11.4. The summed E-state index contributed by atoms with van der Waals surface area (Å²) in [5.74, 6) is -1.93. The zero-order valence-corrected chi connectivity index (χ0v) is 19.5. The van der Waals surface area contributed by atoms with E-state index in [9.17, 15) is 22.9 Å². The first kappa shape index (κ1) is 22.7. The van der Waals surface area contributed by atoms with Crippen molar-refractivity contribution in [1.82, 2.24) is 9.29 Å². The van der Waals surface area contributed by atoms with Crippen molar-refractivity contribution < 1.29 is 17.6 Å². The van der Waals surface area contributed by atoms with E-state index in [0.29, 0.717) is 45.5 Å². The maximum Gasteiger partial charge on any atom is 0.233 e. The molecule has 3 aromatic rings. The number of benzene rings is 2. The molecule has 1 amide bonds. The third-order valence-electron chi connectivity index (χ3n) is 6.45. The molecule has 1 aliphatic carbocycles. The fraction of sp³-hybridized carbons (Fsp3) is 0.292. The van der Waals surface area contributed by atoms with E-state index in [-0.39, 0.29) is 18.8 Å². The van der Waals surface area contributed by atoms with Crippen molar-refractivity contribution >= 4 is 44.0 Å². The minimum Gasteiger partial charge on any atom is -0.324 e. The molecule has 1 N–H and O–H groups in total. The van der Waals surface area contributed by atoms with E-state index in [4.69, 9.17) is 11.6 Å². The van der Waals surface area contributed by atoms with E-state index < -0.39 is 33.1 Å². The second-order valence-electron chi connectivity index (χ2n) is 8.88. The van der Waals surface area contributed by atoms with Crippen molar-refractivity contribution in [2.45, 2.75) is 25.3 Å². The van der Waals surface area contributed by atoms with Crippen LogP contribution in [0.25, 0.3) is 10.8 Å². The van der Waals surface area contributed by atoms with Gasteiger partial charge in [-0.25, -0.2) is 12.8 Å². The lowest BCUT2D eigenvalue weighted by Crippen LogP contribution is -2.44. The van der Waals surface area contributed by atoms with Crippen molar-refractivity contribution in [2.24, 2.45) is 5.41 Å². The average Bonchev–Trinajstić information content (AvgIpc) is 3.57. The first-order valence-electron chi connectivity index (χ1n) is 10.7. The maximum atomic E-state index is 13.6. The van der Waals surface area contributed by atoms with Gasteiger partial charge in [-0.15, -0.1) is 0 Å². The van der Waals surface area contributed by atoms with Crippen LogP contribution in [-0.4, -0.2) is 35.9 Å². The van der Waals surface area contributed by atoms with Crippen LogP contribution in [0.4, 0.5) is 10.1 Å². The first-order valence-corrected chi connectivity index (χ1v) is 12.7.